The number of rotatable bonds is 2. The molecule has 0 saturated heterocycles. The van der Waals surface area contributed by atoms with Gasteiger partial charge in [-0.2, -0.15) is 0 Å². The summed E-state index contributed by atoms with van der Waals surface area (Å²) in [5, 5.41) is 11.9. The van der Waals surface area contributed by atoms with Crippen molar-refractivity contribution in [2.45, 2.75) is 11.5 Å². The van der Waals surface area contributed by atoms with E-state index < -0.39 is 5.60 Å². The Morgan fingerprint density at radius 3 is 2.04 bits per heavy atom. The molecular formula is C22H18O. The van der Waals surface area contributed by atoms with E-state index in [1.807, 2.05) is 66.7 Å². The first-order chi connectivity index (χ1) is 11.3. The lowest BCUT2D eigenvalue weighted by atomic mass is 9.69. The normalized spacial score (nSPS) is 22.6. The van der Waals surface area contributed by atoms with Gasteiger partial charge in [-0.25, -0.2) is 0 Å². The second-order valence-electron chi connectivity index (χ2n) is 5.97. The topological polar surface area (TPSA) is 20.2 Å². The van der Waals surface area contributed by atoms with Gasteiger partial charge in [0.2, 0.25) is 0 Å². The van der Waals surface area contributed by atoms with Crippen molar-refractivity contribution in [3.63, 3.8) is 0 Å². The minimum atomic E-state index is -1.06. The molecule has 2 atom stereocenters. The molecule has 23 heavy (non-hydrogen) atoms. The molecule has 0 bridgehead atoms. The summed E-state index contributed by atoms with van der Waals surface area (Å²) < 4.78 is 0. The van der Waals surface area contributed by atoms with Crippen molar-refractivity contribution in [3.05, 3.63) is 113 Å². The number of aliphatic hydroxyl groups is 1. The SMILES string of the molecule is O[C@]1(c2ccccc2)c2ccccc2C=C[C@H]1c1ccccc1. The smallest absolute Gasteiger partial charge is 0.125 e. The summed E-state index contributed by atoms with van der Waals surface area (Å²) in [4.78, 5) is 0. The van der Waals surface area contributed by atoms with E-state index in [-0.39, 0.29) is 5.92 Å². The van der Waals surface area contributed by atoms with E-state index in [9.17, 15) is 5.11 Å². The van der Waals surface area contributed by atoms with Gasteiger partial charge >= 0.3 is 0 Å². The summed E-state index contributed by atoms with van der Waals surface area (Å²) in [7, 11) is 0. The Kier molecular flexibility index (Phi) is 3.36. The first-order valence-corrected chi connectivity index (χ1v) is 7.91. The maximum atomic E-state index is 11.9. The Labute approximate surface area is 136 Å². The van der Waals surface area contributed by atoms with Crippen LogP contribution in [0.2, 0.25) is 0 Å². The molecule has 0 fully saturated rings. The van der Waals surface area contributed by atoms with Crippen LogP contribution in [0.25, 0.3) is 6.08 Å². The van der Waals surface area contributed by atoms with Crippen LogP contribution in [0.5, 0.6) is 0 Å². The highest BCUT2D eigenvalue weighted by atomic mass is 16.3. The van der Waals surface area contributed by atoms with Gasteiger partial charge in [-0.05, 0) is 22.3 Å². The minimum absolute atomic E-state index is 0.110. The fourth-order valence-electron chi connectivity index (χ4n) is 3.54. The van der Waals surface area contributed by atoms with E-state index in [1.165, 1.54) is 0 Å². The lowest BCUT2D eigenvalue weighted by Gasteiger charge is -2.39. The van der Waals surface area contributed by atoms with E-state index in [2.05, 4.69) is 30.4 Å². The molecule has 0 heterocycles. The van der Waals surface area contributed by atoms with Gasteiger partial charge in [0, 0.05) is 5.92 Å². The van der Waals surface area contributed by atoms with Gasteiger partial charge in [0.15, 0.2) is 0 Å². The molecule has 112 valence electrons. The fourth-order valence-corrected chi connectivity index (χ4v) is 3.54. The summed E-state index contributed by atoms with van der Waals surface area (Å²) in [5.74, 6) is -0.110. The molecule has 0 amide bonds. The van der Waals surface area contributed by atoms with Crippen LogP contribution in [0.1, 0.15) is 28.2 Å². The summed E-state index contributed by atoms with van der Waals surface area (Å²) in [6.07, 6.45) is 4.23. The third kappa shape index (κ3) is 2.21. The summed E-state index contributed by atoms with van der Waals surface area (Å²) >= 11 is 0. The Balaban J connectivity index is 1.97. The highest BCUT2D eigenvalue weighted by molar-refractivity contribution is 5.64. The van der Waals surface area contributed by atoms with Crippen molar-refractivity contribution >= 4 is 6.08 Å². The van der Waals surface area contributed by atoms with E-state index >= 15 is 0 Å². The maximum Gasteiger partial charge on any atom is 0.125 e. The molecule has 0 radical (unpaired) electrons. The molecule has 1 N–H and O–H groups in total. The second kappa shape index (κ2) is 5.53. The molecule has 3 aromatic rings. The van der Waals surface area contributed by atoms with Gasteiger partial charge in [0.25, 0.3) is 0 Å². The highest BCUT2D eigenvalue weighted by Gasteiger charge is 2.42. The van der Waals surface area contributed by atoms with Crippen LogP contribution in [0.15, 0.2) is 91.0 Å². The zero-order valence-corrected chi connectivity index (χ0v) is 12.8. The molecule has 0 unspecified atom stereocenters. The Bertz CT molecular complexity index is 836. The highest BCUT2D eigenvalue weighted by Crippen LogP contribution is 2.47. The lowest BCUT2D eigenvalue weighted by Crippen LogP contribution is -2.36. The second-order valence-corrected chi connectivity index (χ2v) is 5.97. The fraction of sp³-hybridized carbons (Fsp3) is 0.0909. The van der Waals surface area contributed by atoms with Crippen LogP contribution >= 0.6 is 0 Å². The van der Waals surface area contributed by atoms with E-state index in [0.717, 1.165) is 22.3 Å². The van der Waals surface area contributed by atoms with Crippen molar-refractivity contribution in [1.29, 1.82) is 0 Å². The van der Waals surface area contributed by atoms with Crippen LogP contribution < -0.4 is 0 Å². The maximum absolute atomic E-state index is 11.9. The third-order valence-corrected chi connectivity index (χ3v) is 4.66. The third-order valence-electron chi connectivity index (χ3n) is 4.66. The molecule has 0 spiro atoms. The van der Waals surface area contributed by atoms with Crippen LogP contribution in [0.3, 0.4) is 0 Å². The minimum Gasteiger partial charge on any atom is -0.379 e. The summed E-state index contributed by atoms with van der Waals surface area (Å²) in [6.45, 7) is 0. The Morgan fingerprint density at radius 1 is 0.696 bits per heavy atom. The first-order valence-electron chi connectivity index (χ1n) is 7.91. The van der Waals surface area contributed by atoms with Crippen LogP contribution in [0, 0.1) is 0 Å². The van der Waals surface area contributed by atoms with Gasteiger partial charge in [-0.15, -0.1) is 0 Å². The lowest BCUT2D eigenvalue weighted by molar-refractivity contribution is 0.0635. The molecular weight excluding hydrogens is 280 g/mol. The van der Waals surface area contributed by atoms with E-state index in [1.54, 1.807) is 0 Å². The summed E-state index contributed by atoms with van der Waals surface area (Å²) in [6, 6.07) is 28.3. The molecule has 1 heteroatoms. The van der Waals surface area contributed by atoms with Gasteiger partial charge < -0.3 is 5.11 Å². The van der Waals surface area contributed by atoms with Crippen molar-refractivity contribution in [2.75, 3.05) is 0 Å². The van der Waals surface area contributed by atoms with Gasteiger partial charge in [0.05, 0.1) is 0 Å². The predicted octanol–water partition coefficient (Wildman–Crippen LogP) is 4.73. The number of hydrogen-bond donors (Lipinski definition) is 1. The molecule has 0 aliphatic heterocycles. The first kappa shape index (κ1) is 14.0. The zero-order chi connectivity index (χ0) is 15.7. The molecule has 4 rings (SSSR count). The molecule has 1 nitrogen and oxygen atoms in total. The van der Waals surface area contributed by atoms with Crippen LogP contribution in [0.4, 0.5) is 0 Å². The van der Waals surface area contributed by atoms with Crippen LogP contribution in [-0.4, -0.2) is 5.11 Å². The number of fused-ring (bicyclic) bond motifs is 1. The monoisotopic (exact) mass is 298 g/mol. The van der Waals surface area contributed by atoms with Crippen molar-refractivity contribution < 1.29 is 5.11 Å². The van der Waals surface area contributed by atoms with Crippen molar-refractivity contribution in [2.24, 2.45) is 0 Å². The molecule has 3 aromatic carbocycles. The zero-order valence-electron chi connectivity index (χ0n) is 12.8. The van der Waals surface area contributed by atoms with Gasteiger partial charge in [-0.1, -0.05) is 97.1 Å². The average molecular weight is 298 g/mol. The van der Waals surface area contributed by atoms with Crippen molar-refractivity contribution in [3.8, 4) is 0 Å². The molecule has 0 aromatic heterocycles. The molecule has 1 aliphatic rings. The predicted molar refractivity (Wildman–Crippen MR) is 94.1 cm³/mol. The number of benzene rings is 3. The van der Waals surface area contributed by atoms with E-state index in [0.29, 0.717) is 0 Å². The average Bonchev–Trinajstić information content (AvgIpc) is 2.64. The van der Waals surface area contributed by atoms with Crippen molar-refractivity contribution in [1.82, 2.24) is 0 Å². The van der Waals surface area contributed by atoms with E-state index in [4.69, 9.17) is 0 Å². The Hall–Kier alpha value is -2.64. The molecule has 1 aliphatic carbocycles. The summed E-state index contributed by atoms with van der Waals surface area (Å²) in [5.41, 5.74) is 3.01. The largest absolute Gasteiger partial charge is 0.379 e. The standard InChI is InChI=1S/C22H18O/c23-22(19-12-5-2-6-13-19)20-14-8-7-11-18(20)15-16-21(22)17-9-3-1-4-10-17/h1-16,21,23H/t21-,22+/m0/s1. The van der Waals surface area contributed by atoms with Gasteiger partial charge in [-0.3, -0.25) is 0 Å². The molecule has 0 saturated carbocycles. The Morgan fingerprint density at radius 2 is 1.30 bits per heavy atom. The van der Waals surface area contributed by atoms with Crippen LogP contribution in [-0.2, 0) is 5.60 Å². The quantitative estimate of drug-likeness (QED) is 0.725. The number of hydrogen-bond acceptors (Lipinski definition) is 1. The van der Waals surface area contributed by atoms with Gasteiger partial charge in [0.1, 0.15) is 5.60 Å².